The highest BCUT2D eigenvalue weighted by molar-refractivity contribution is 5.97. The topological polar surface area (TPSA) is 24.9 Å². The summed E-state index contributed by atoms with van der Waals surface area (Å²) in [5.41, 5.74) is 39.4. The van der Waals surface area contributed by atoms with Crippen LogP contribution in [0.1, 0.15) is 44.5 Å². The van der Waals surface area contributed by atoms with Crippen molar-refractivity contribution in [3.05, 3.63) is 530 Å². The van der Waals surface area contributed by atoms with Crippen LogP contribution in [0.4, 0.5) is 34.1 Å². The highest BCUT2D eigenvalue weighted by Gasteiger charge is 2.53. The minimum absolute atomic E-state index is 0.605. The van der Waals surface area contributed by atoms with Gasteiger partial charge in [-0.2, -0.15) is 0 Å². The summed E-state index contributed by atoms with van der Waals surface area (Å²) in [6.45, 7) is 0. The number of rotatable bonds is 15. The van der Waals surface area contributed by atoms with E-state index in [2.05, 4.69) is 495 Å². The van der Waals surface area contributed by atoms with E-state index < -0.39 is 10.8 Å². The Kier molecular flexibility index (Phi) is 17.7. The minimum atomic E-state index is -0.747. The summed E-state index contributed by atoms with van der Waals surface area (Å²) in [6, 6.07) is 178. The standard InChI is InChI=1S/C122H80N2O2/c1-5-29-81(30-6-1)83-57-59-84(60-58-83)91-38-26-42-98(76-91)124(116-55-23-17-43-101(116)88-35-11-4-12-36-88)95-69-65-86(66-70-95)93-68-74-119-115(79-93)122(110-51-20-15-46-105(110)106-47-16-21-52-111(106)122)114-78-92(67-73-118(114)125-119)85-61-63-89(64-62-85)107-80-99(71-72-100(107)87-33-9-3-10-34-87)123(96-40-25-37-90(75-96)82-31-7-2-8-32-82)97-41-27-39-94(77-97)102-48-28-54-113-120(102)126-117-56-24-22-53-112(117)121(113)108-49-18-13-44-103(108)104-45-14-19-50-109(104)121/h1-80H. The molecule has 2 heterocycles. The molecule has 0 bridgehead atoms. The average molecular weight is 1610 g/mol. The van der Waals surface area contributed by atoms with E-state index in [0.29, 0.717) is 0 Å². The van der Waals surface area contributed by atoms with Gasteiger partial charge in [0.15, 0.2) is 0 Å². The van der Waals surface area contributed by atoms with Crippen LogP contribution in [0.5, 0.6) is 23.0 Å². The fourth-order valence-corrected chi connectivity index (χ4v) is 20.8. The highest BCUT2D eigenvalue weighted by atomic mass is 16.5. The Morgan fingerprint density at radius 1 is 0.143 bits per heavy atom. The number of hydrogen-bond acceptors (Lipinski definition) is 4. The molecule has 590 valence electrons. The van der Waals surface area contributed by atoms with Crippen molar-refractivity contribution in [3.63, 3.8) is 0 Å². The second-order valence-corrected chi connectivity index (χ2v) is 33.2. The summed E-state index contributed by atoms with van der Waals surface area (Å²) in [4.78, 5) is 4.84. The molecule has 20 aromatic carbocycles. The average Bonchev–Trinajstić information content (AvgIpc) is 1.50. The van der Waals surface area contributed by atoms with Gasteiger partial charge in [0.2, 0.25) is 0 Å². The molecule has 4 heteroatoms. The zero-order valence-corrected chi connectivity index (χ0v) is 68.9. The van der Waals surface area contributed by atoms with Gasteiger partial charge in [0.1, 0.15) is 23.0 Å². The lowest BCUT2D eigenvalue weighted by Gasteiger charge is -2.40. The van der Waals surface area contributed by atoms with Gasteiger partial charge in [-0.1, -0.05) is 388 Å². The van der Waals surface area contributed by atoms with Crippen LogP contribution in [0.2, 0.25) is 0 Å². The number of fused-ring (bicyclic) bond motifs is 18. The van der Waals surface area contributed by atoms with Crippen LogP contribution in [0.3, 0.4) is 0 Å². The monoisotopic (exact) mass is 1600 g/mol. The van der Waals surface area contributed by atoms with Crippen molar-refractivity contribution in [2.24, 2.45) is 0 Å². The fourth-order valence-electron chi connectivity index (χ4n) is 20.8. The van der Waals surface area contributed by atoms with Gasteiger partial charge in [-0.25, -0.2) is 0 Å². The molecule has 2 aliphatic carbocycles. The van der Waals surface area contributed by atoms with Gasteiger partial charge in [-0.05, 0) is 231 Å². The van der Waals surface area contributed by atoms with Gasteiger partial charge in [0.05, 0.1) is 16.5 Å². The Hall–Kier alpha value is -16.4. The molecule has 0 aromatic heterocycles. The van der Waals surface area contributed by atoms with E-state index in [-0.39, 0.29) is 0 Å². The highest BCUT2D eigenvalue weighted by Crippen LogP contribution is 2.66. The molecule has 0 N–H and O–H groups in total. The van der Waals surface area contributed by atoms with Gasteiger partial charge < -0.3 is 19.3 Å². The molecule has 0 fully saturated rings. The van der Waals surface area contributed by atoms with E-state index in [1.54, 1.807) is 0 Å². The number of anilines is 6. The summed E-state index contributed by atoms with van der Waals surface area (Å²) in [6.07, 6.45) is 0. The maximum absolute atomic E-state index is 7.31. The maximum Gasteiger partial charge on any atom is 0.140 e. The number of benzene rings is 20. The summed E-state index contributed by atoms with van der Waals surface area (Å²) in [5, 5.41) is 0. The fraction of sp³-hybridized carbons (Fsp3) is 0.0164. The molecule has 4 aliphatic rings. The van der Waals surface area contributed by atoms with Crippen LogP contribution < -0.4 is 19.3 Å². The lowest BCUT2D eigenvalue weighted by Crippen LogP contribution is -2.32. The SMILES string of the molecule is c1ccc(-c2ccc(-c3cccc(N(c4ccc(-c5ccc6c(c5)C5(c7cc(-c8ccc(-c9cc(N(c%10cccc(-c%11ccccc%11)c%10)c%10cccc(-c%11cccc%12c%11Oc%11ccccc%11C%12%11c%12ccccc%12-c%12ccccc%12%11)c%10)ccc9-c9ccccc9)cc8)ccc7O6)c6ccccc6-c6ccccc65)cc4)c4ccccc4-c4ccccc4)c3)cc2)cc1. The van der Waals surface area contributed by atoms with Gasteiger partial charge in [0.25, 0.3) is 0 Å². The van der Waals surface area contributed by atoms with Crippen molar-refractivity contribution in [1.29, 1.82) is 0 Å². The largest absolute Gasteiger partial charge is 0.457 e. The molecule has 20 aromatic rings. The molecular weight excluding hydrogens is 1530 g/mol. The van der Waals surface area contributed by atoms with E-state index in [4.69, 9.17) is 9.47 Å². The van der Waals surface area contributed by atoms with Crippen LogP contribution in [0.15, 0.2) is 485 Å². The zero-order valence-electron chi connectivity index (χ0n) is 68.9. The molecule has 126 heavy (non-hydrogen) atoms. The van der Waals surface area contributed by atoms with E-state index in [1.807, 2.05) is 0 Å². The van der Waals surface area contributed by atoms with Crippen LogP contribution in [0.25, 0.3) is 122 Å². The lowest BCUT2D eigenvalue weighted by molar-refractivity contribution is 0.436. The Bertz CT molecular complexity index is 7540. The predicted molar refractivity (Wildman–Crippen MR) is 519 cm³/mol. The first-order valence-electron chi connectivity index (χ1n) is 43.4. The van der Waals surface area contributed by atoms with E-state index in [0.717, 1.165) is 168 Å². The van der Waals surface area contributed by atoms with Crippen LogP contribution in [-0.4, -0.2) is 0 Å². The van der Waals surface area contributed by atoms with Crippen molar-refractivity contribution in [2.75, 3.05) is 9.80 Å². The molecule has 0 atom stereocenters. The second-order valence-electron chi connectivity index (χ2n) is 33.2. The number of ether oxygens (including phenoxy) is 2. The number of hydrogen-bond donors (Lipinski definition) is 0. The summed E-state index contributed by atoms with van der Waals surface area (Å²) in [5.74, 6) is 3.39. The van der Waals surface area contributed by atoms with E-state index in [1.165, 1.54) is 55.6 Å². The third-order valence-corrected chi connectivity index (χ3v) is 26.4. The third-order valence-electron chi connectivity index (χ3n) is 26.4. The first-order valence-corrected chi connectivity index (χ1v) is 43.4. The van der Waals surface area contributed by atoms with E-state index >= 15 is 0 Å². The quantitative estimate of drug-likeness (QED) is 0.102. The predicted octanol–water partition coefficient (Wildman–Crippen LogP) is 32.6. The second kappa shape index (κ2) is 30.3. The van der Waals surface area contributed by atoms with Crippen LogP contribution in [0, 0.1) is 0 Å². The number of para-hydroxylation sites is 3. The summed E-state index contributed by atoms with van der Waals surface area (Å²) >= 11 is 0. The maximum atomic E-state index is 7.31. The first kappa shape index (κ1) is 73.5. The van der Waals surface area contributed by atoms with Crippen LogP contribution >= 0.6 is 0 Å². The van der Waals surface area contributed by atoms with Crippen molar-refractivity contribution in [1.82, 2.24) is 0 Å². The minimum Gasteiger partial charge on any atom is -0.457 e. The zero-order chi connectivity index (χ0) is 83.2. The molecule has 0 amide bonds. The van der Waals surface area contributed by atoms with Crippen molar-refractivity contribution in [2.45, 2.75) is 10.8 Å². The summed E-state index contributed by atoms with van der Waals surface area (Å²) < 4.78 is 14.6. The third kappa shape index (κ3) is 12.0. The molecule has 4 nitrogen and oxygen atoms in total. The van der Waals surface area contributed by atoms with Crippen molar-refractivity contribution >= 4 is 34.1 Å². The molecule has 2 aliphatic heterocycles. The van der Waals surface area contributed by atoms with Crippen LogP contribution in [-0.2, 0) is 10.8 Å². The van der Waals surface area contributed by atoms with Gasteiger partial charge in [0, 0.05) is 61.8 Å². The molecule has 0 saturated heterocycles. The normalized spacial score (nSPS) is 12.9. The molecular formula is C122H80N2O2. The molecule has 0 unspecified atom stereocenters. The molecule has 0 saturated carbocycles. The Morgan fingerprint density at radius 3 is 0.976 bits per heavy atom. The first-order chi connectivity index (χ1) is 62.5. The Balaban J connectivity index is 0.606. The molecule has 2 spiro atoms. The number of nitrogens with zero attached hydrogens (tertiary/aromatic N) is 2. The van der Waals surface area contributed by atoms with Crippen molar-refractivity contribution < 1.29 is 9.47 Å². The molecule has 0 radical (unpaired) electrons. The Morgan fingerprint density at radius 2 is 0.452 bits per heavy atom. The summed E-state index contributed by atoms with van der Waals surface area (Å²) in [7, 11) is 0. The smallest absolute Gasteiger partial charge is 0.140 e. The van der Waals surface area contributed by atoms with Crippen molar-refractivity contribution in [3.8, 4) is 145 Å². The van der Waals surface area contributed by atoms with Gasteiger partial charge in [-0.15, -0.1) is 0 Å². The van der Waals surface area contributed by atoms with E-state index in [9.17, 15) is 0 Å². The lowest BCUT2D eigenvalue weighted by atomic mass is 9.65. The van der Waals surface area contributed by atoms with Gasteiger partial charge >= 0.3 is 0 Å². The molecule has 24 rings (SSSR count). The Labute approximate surface area is 734 Å². The van der Waals surface area contributed by atoms with Gasteiger partial charge in [-0.3, -0.25) is 0 Å².